The van der Waals surface area contributed by atoms with Gasteiger partial charge in [-0.3, -0.25) is 24.1 Å². The minimum atomic E-state index is -0.702. The molecular formula is C30H24INO6. The van der Waals surface area contributed by atoms with Gasteiger partial charge in [0.2, 0.25) is 11.8 Å². The van der Waals surface area contributed by atoms with Crippen molar-refractivity contribution in [2.75, 3.05) is 12.0 Å². The third-order valence-electron chi connectivity index (χ3n) is 8.20. The number of anilines is 1. The van der Waals surface area contributed by atoms with Gasteiger partial charge >= 0.3 is 0 Å². The van der Waals surface area contributed by atoms with Gasteiger partial charge in [0.25, 0.3) is 0 Å². The van der Waals surface area contributed by atoms with Gasteiger partial charge in [0.05, 0.1) is 24.6 Å². The number of imide groups is 1. The summed E-state index contributed by atoms with van der Waals surface area (Å²) in [5.41, 5.74) is 2.84. The van der Waals surface area contributed by atoms with Gasteiger partial charge in [0, 0.05) is 37.8 Å². The normalized spacial score (nSPS) is 26.6. The molecule has 2 amide bonds. The van der Waals surface area contributed by atoms with Crippen LogP contribution in [0.15, 0.2) is 76.9 Å². The lowest BCUT2D eigenvalue weighted by atomic mass is 9.59. The topological polar surface area (TPSA) is 101 Å². The number of Topliss-reactive ketones (excluding diaryl/α,β-unsaturated/α-hetero) is 1. The molecule has 38 heavy (non-hydrogen) atoms. The molecule has 4 atom stereocenters. The molecule has 1 aliphatic heterocycles. The Labute approximate surface area is 233 Å². The number of hydrogen-bond donors (Lipinski definition) is 1. The Balaban J connectivity index is 1.49. The molecule has 0 bridgehead atoms. The van der Waals surface area contributed by atoms with Crippen molar-refractivity contribution >= 4 is 51.7 Å². The van der Waals surface area contributed by atoms with Crippen molar-refractivity contribution in [1.29, 1.82) is 0 Å². The molecule has 3 aliphatic carbocycles. The maximum atomic E-state index is 13.9. The van der Waals surface area contributed by atoms with Crippen LogP contribution in [0.5, 0.6) is 11.5 Å². The lowest BCUT2D eigenvalue weighted by molar-refractivity contribution is -0.123. The number of methoxy groups -OCH3 is 1. The standard InChI is InChI=1S/C30H24INO6/c1-14-11-24(34)27-22(28(14)35)13-21-18(25(27)19-8-7-17(38-2)12-23(19)33)9-10-20-26(21)30(37)32(29(20)36)16-5-3-15(31)4-6-16/h3-9,11-12,20-21,25-26,33H,10,13H2,1-2H3. The molecule has 1 saturated heterocycles. The fraction of sp³-hybridized carbons (Fsp3) is 0.267. The van der Waals surface area contributed by atoms with Crippen LogP contribution in [0.4, 0.5) is 5.69 Å². The Kier molecular flexibility index (Phi) is 5.90. The number of halogens is 1. The summed E-state index contributed by atoms with van der Waals surface area (Å²) in [6.07, 6.45) is 3.83. The van der Waals surface area contributed by atoms with Crippen LogP contribution in [-0.2, 0) is 19.2 Å². The number of allylic oxidation sites excluding steroid dienone is 6. The molecule has 6 rings (SSSR count). The van der Waals surface area contributed by atoms with Crippen molar-refractivity contribution in [3.05, 3.63) is 86.0 Å². The largest absolute Gasteiger partial charge is 0.507 e. The number of phenols is 1. The molecule has 1 heterocycles. The van der Waals surface area contributed by atoms with Gasteiger partial charge in [-0.2, -0.15) is 0 Å². The van der Waals surface area contributed by atoms with Crippen LogP contribution in [-0.4, -0.2) is 35.6 Å². The molecule has 4 aliphatic rings. The van der Waals surface area contributed by atoms with Crippen molar-refractivity contribution in [3.8, 4) is 11.5 Å². The SMILES string of the molecule is COc1ccc(C2C3=CCC4C(=O)N(c5ccc(I)cc5)C(=O)C4C3CC3=C2C(=O)C=C(C)C3=O)c(O)c1. The molecule has 0 radical (unpaired) electrons. The van der Waals surface area contributed by atoms with Crippen LogP contribution in [0.3, 0.4) is 0 Å². The smallest absolute Gasteiger partial charge is 0.238 e. The van der Waals surface area contributed by atoms with Gasteiger partial charge in [-0.15, -0.1) is 0 Å². The third kappa shape index (κ3) is 3.60. The van der Waals surface area contributed by atoms with E-state index in [4.69, 9.17) is 4.74 Å². The van der Waals surface area contributed by atoms with Crippen molar-refractivity contribution in [2.24, 2.45) is 17.8 Å². The van der Waals surface area contributed by atoms with E-state index in [1.165, 1.54) is 24.2 Å². The highest BCUT2D eigenvalue weighted by Gasteiger charge is 2.56. The summed E-state index contributed by atoms with van der Waals surface area (Å²) in [7, 11) is 1.49. The van der Waals surface area contributed by atoms with Gasteiger partial charge in [0.1, 0.15) is 11.5 Å². The summed E-state index contributed by atoms with van der Waals surface area (Å²) < 4.78 is 6.23. The minimum absolute atomic E-state index is 0.0641. The summed E-state index contributed by atoms with van der Waals surface area (Å²) in [5, 5.41) is 11.0. The average molecular weight is 621 g/mol. The Morgan fingerprint density at radius 1 is 1.00 bits per heavy atom. The molecule has 2 aromatic rings. The second kappa shape index (κ2) is 9.04. The van der Waals surface area contributed by atoms with Gasteiger partial charge in [-0.25, -0.2) is 0 Å². The molecule has 8 heteroatoms. The predicted molar refractivity (Wildman–Crippen MR) is 148 cm³/mol. The van der Waals surface area contributed by atoms with E-state index < -0.39 is 23.7 Å². The van der Waals surface area contributed by atoms with E-state index in [-0.39, 0.29) is 35.6 Å². The van der Waals surface area contributed by atoms with E-state index in [2.05, 4.69) is 22.6 Å². The van der Waals surface area contributed by atoms with E-state index in [1.807, 2.05) is 18.2 Å². The fourth-order valence-corrected chi connectivity index (χ4v) is 6.84. The number of carbonyl (C=O) groups is 4. The molecule has 0 aromatic heterocycles. The molecule has 1 fully saturated rings. The summed E-state index contributed by atoms with van der Waals surface area (Å²) in [5.74, 6) is -3.01. The van der Waals surface area contributed by atoms with E-state index in [0.29, 0.717) is 40.1 Å². The number of hydrogen-bond acceptors (Lipinski definition) is 6. The zero-order valence-corrected chi connectivity index (χ0v) is 22.9. The van der Waals surface area contributed by atoms with Crippen molar-refractivity contribution in [3.63, 3.8) is 0 Å². The predicted octanol–water partition coefficient (Wildman–Crippen LogP) is 4.64. The second-order valence-electron chi connectivity index (χ2n) is 10.1. The van der Waals surface area contributed by atoms with Crippen LogP contribution in [0, 0.1) is 21.3 Å². The number of amides is 2. The Bertz CT molecular complexity index is 1530. The average Bonchev–Trinajstić information content (AvgIpc) is 3.16. The first kappa shape index (κ1) is 24.8. The number of benzene rings is 2. The second-order valence-corrected chi connectivity index (χ2v) is 11.4. The van der Waals surface area contributed by atoms with Gasteiger partial charge in [-0.1, -0.05) is 17.7 Å². The molecular weight excluding hydrogens is 597 g/mol. The zero-order valence-electron chi connectivity index (χ0n) is 20.7. The molecule has 0 saturated carbocycles. The van der Waals surface area contributed by atoms with Crippen LogP contribution < -0.4 is 9.64 Å². The van der Waals surface area contributed by atoms with Gasteiger partial charge in [0.15, 0.2) is 11.6 Å². The summed E-state index contributed by atoms with van der Waals surface area (Å²) in [4.78, 5) is 55.4. The minimum Gasteiger partial charge on any atom is -0.507 e. The van der Waals surface area contributed by atoms with Gasteiger partial charge in [-0.05, 0) is 84.7 Å². The van der Waals surface area contributed by atoms with E-state index in [1.54, 1.807) is 31.2 Å². The molecule has 192 valence electrons. The van der Waals surface area contributed by atoms with Crippen molar-refractivity contribution < 1.29 is 29.0 Å². The van der Waals surface area contributed by atoms with E-state index in [9.17, 15) is 24.3 Å². The monoisotopic (exact) mass is 621 g/mol. The summed E-state index contributed by atoms with van der Waals surface area (Å²) >= 11 is 2.17. The lowest BCUT2D eigenvalue weighted by Gasteiger charge is -2.42. The quantitative estimate of drug-likeness (QED) is 0.232. The first-order valence-corrected chi connectivity index (χ1v) is 13.5. The highest BCUT2D eigenvalue weighted by molar-refractivity contribution is 14.1. The highest BCUT2D eigenvalue weighted by Crippen LogP contribution is 2.56. The number of carbonyl (C=O) groups excluding carboxylic acids is 4. The number of nitrogens with zero attached hydrogens (tertiary/aromatic N) is 1. The zero-order chi connectivity index (χ0) is 26.9. The number of fused-ring (bicyclic) bond motifs is 3. The summed E-state index contributed by atoms with van der Waals surface area (Å²) in [6, 6.07) is 12.1. The van der Waals surface area contributed by atoms with E-state index in [0.717, 1.165) is 9.14 Å². The molecule has 0 spiro atoms. The van der Waals surface area contributed by atoms with Gasteiger partial charge < -0.3 is 9.84 Å². The highest BCUT2D eigenvalue weighted by atomic mass is 127. The number of ketones is 2. The Morgan fingerprint density at radius 2 is 1.74 bits per heavy atom. The number of ether oxygens (including phenoxy) is 1. The van der Waals surface area contributed by atoms with Crippen LogP contribution in [0.2, 0.25) is 0 Å². The summed E-state index contributed by atoms with van der Waals surface area (Å²) in [6.45, 7) is 1.61. The Morgan fingerprint density at radius 3 is 2.42 bits per heavy atom. The first-order chi connectivity index (χ1) is 18.2. The van der Waals surface area contributed by atoms with Crippen LogP contribution in [0.25, 0.3) is 0 Å². The number of rotatable bonds is 3. The van der Waals surface area contributed by atoms with Crippen molar-refractivity contribution in [1.82, 2.24) is 0 Å². The maximum Gasteiger partial charge on any atom is 0.238 e. The molecule has 1 N–H and O–H groups in total. The fourth-order valence-electron chi connectivity index (χ4n) is 6.48. The van der Waals surface area contributed by atoms with Crippen LogP contribution in [0.1, 0.15) is 31.2 Å². The third-order valence-corrected chi connectivity index (χ3v) is 8.91. The lowest BCUT2D eigenvalue weighted by Crippen LogP contribution is -2.39. The number of aromatic hydroxyl groups is 1. The molecule has 2 aromatic carbocycles. The maximum absolute atomic E-state index is 13.9. The number of phenolic OH excluding ortho intramolecular Hbond substituents is 1. The molecule has 7 nitrogen and oxygen atoms in total. The van der Waals surface area contributed by atoms with Crippen molar-refractivity contribution in [2.45, 2.75) is 25.7 Å². The van der Waals surface area contributed by atoms with E-state index >= 15 is 0 Å². The first-order valence-electron chi connectivity index (χ1n) is 12.4. The molecule has 4 unspecified atom stereocenters. The van der Waals surface area contributed by atoms with Crippen LogP contribution >= 0.6 is 22.6 Å². The Hall–Kier alpha value is -3.53.